The second-order valence-electron chi connectivity index (χ2n) is 15.2. The van der Waals surface area contributed by atoms with E-state index in [-0.39, 0.29) is 5.41 Å². The van der Waals surface area contributed by atoms with Gasteiger partial charge in [-0.15, -0.1) is 11.3 Å². The van der Waals surface area contributed by atoms with Crippen LogP contribution >= 0.6 is 11.3 Å². The van der Waals surface area contributed by atoms with Crippen LogP contribution in [-0.2, 0) is 5.41 Å². The molecule has 0 atom stereocenters. The maximum Gasteiger partial charge on any atom is 0.0727 e. The summed E-state index contributed by atoms with van der Waals surface area (Å²) >= 11 is 1.91. The SMILES string of the molecule is CC1(C)c2cc(-c3cc(-c4ccc5c(c4)c4ccccc4n5-c4ccccc4)c4ccccc4n3)ccc2-n2c3c1cccc3c1sc3ccccc3c12. The van der Waals surface area contributed by atoms with E-state index in [2.05, 4.69) is 187 Å². The van der Waals surface area contributed by atoms with Crippen molar-refractivity contribution in [1.29, 1.82) is 0 Å². The van der Waals surface area contributed by atoms with Crippen LogP contribution in [0.15, 0.2) is 164 Å². The first-order valence-corrected chi connectivity index (χ1v) is 19.5. The van der Waals surface area contributed by atoms with Gasteiger partial charge in [-0.3, -0.25) is 0 Å². The van der Waals surface area contributed by atoms with E-state index in [4.69, 9.17) is 4.98 Å². The van der Waals surface area contributed by atoms with Crippen LogP contribution in [0, 0.1) is 0 Å². The van der Waals surface area contributed by atoms with Gasteiger partial charge in [0.1, 0.15) is 0 Å². The zero-order chi connectivity index (χ0) is 35.7. The summed E-state index contributed by atoms with van der Waals surface area (Å²) in [4.78, 5) is 5.33. The zero-order valence-corrected chi connectivity index (χ0v) is 30.7. The lowest BCUT2D eigenvalue weighted by molar-refractivity contribution is 0.630. The van der Waals surface area contributed by atoms with Gasteiger partial charge in [0.05, 0.1) is 43.7 Å². The van der Waals surface area contributed by atoms with E-state index in [1.54, 1.807) is 0 Å². The molecule has 0 radical (unpaired) electrons. The Bertz CT molecular complexity index is 3360. The summed E-state index contributed by atoms with van der Waals surface area (Å²) in [6.45, 7) is 4.76. The topological polar surface area (TPSA) is 22.8 Å². The molecule has 1 aliphatic heterocycles. The zero-order valence-electron chi connectivity index (χ0n) is 29.8. The standard InChI is InChI=1S/C50H33N3S/c1-50(2)39-19-12-18-36-47(39)53(48-35-17-8-11-22-46(35)54-49(36)48)45-26-24-31(28-40(45)50)42-29-37(33-15-6-9-20-41(33)51-42)30-23-25-44-38(27-30)34-16-7-10-21-43(34)52(44)32-13-4-3-5-14-32/h3-29H,1-2H3. The van der Waals surface area contributed by atoms with Gasteiger partial charge < -0.3 is 9.13 Å². The fraction of sp³-hybridized carbons (Fsp3) is 0.0600. The Hall–Kier alpha value is -6.49. The van der Waals surface area contributed by atoms with Crippen LogP contribution in [0.3, 0.4) is 0 Å². The van der Waals surface area contributed by atoms with Gasteiger partial charge in [0.15, 0.2) is 0 Å². The van der Waals surface area contributed by atoms with Gasteiger partial charge in [-0.2, -0.15) is 0 Å². The Morgan fingerprint density at radius 1 is 0.500 bits per heavy atom. The molecular formula is C50H33N3S. The normalized spacial score (nSPS) is 13.5. The van der Waals surface area contributed by atoms with E-state index in [9.17, 15) is 0 Å². The second kappa shape index (κ2) is 10.8. The Balaban J connectivity index is 1.08. The van der Waals surface area contributed by atoms with Gasteiger partial charge in [-0.1, -0.05) is 117 Å². The number of hydrogen-bond acceptors (Lipinski definition) is 2. The molecule has 3 nitrogen and oxygen atoms in total. The smallest absolute Gasteiger partial charge is 0.0727 e. The molecule has 7 aromatic carbocycles. The summed E-state index contributed by atoms with van der Waals surface area (Å²) in [5.41, 5.74) is 15.5. The summed E-state index contributed by atoms with van der Waals surface area (Å²) in [6, 6.07) is 60.0. The highest BCUT2D eigenvalue weighted by atomic mass is 32.1. The minimum atomic E-state index is -0.200. The van der Waals surface area contributed by atoms with Crippen LogP contribution in [0.2, 0.25) is 0 Å². The summed E-state index contributed by atoms with van der Waals surface area (Å²) < 4.78 is 7.62. The average molecular weight is 708 g/mol. The second-order valence-corrected chi connectivity index (χ2v) is 16.2. The highest BCUT2D eigenvalue weighted by molar-refractivity contribution is 7.26. The number of fused-ring (bicyclic) bond motifs is 11. The molecule has 4 heteroatoms. The lowest BCUT2D eigenvalue weighted by Crippen LogP contribution is -2.26. The molecule has 4 aromatic heterocycles. The molecule has 0 N–H and O–H groups in total. The van der Waals surface area contributed by atoms with E-state index < -0.39 is 0 Å². The van der Waals surface area contributed by atoms with Crippen molar-refractivity contribution in [3.8, 4) is 33.8 Å². The van der Waals surface area contributed by atoms with Gasteiger partial charge in [-0.05, 0) is 82.9 Å². The maximum atomic E-state index is 5.33. The highest BCUT2D eigenvalue weighted by Crippen LogP contribution is 2.51. The van der Waals surface area contributed by atoms with Crippen molar-refractivity contribution in [3.63, 3.8) is 0 Å². The summed E-state index contributed by atoms with van der Waals surface area (Å²) in [5, 5.41) is 6.31. The molecule has 0 spiro atoms. The molecule has 54 heavy (non-hydrogen) atoms. The molecule has 0 amide bonds. The molecule has 0 bridgehead atoms. The minimum absolute atomic E-state index is 0.200. The van der Waals surface area contributed by atoms with Gasteiger partial charge in [-0.25, -0.2) is 4.98 Å². The van der Waals surface area contributed by atoms with Crippen molar-refractivity contribution in [2.24, 2.45) is 0 Å². The molecular weight excluding hydrogens is 675 g/mol. The van der Waals surface area contributed by atoms with Crippen LogP contribution in [0.25, 0.3) is 97.7 Å². The molecule has 0 fully saturated rings. The van der Waals surface area contributed by atoms with Crippen LogP contribution in [-0.4, -0.2) is 14.1 Å². The fourth-order valence-corrected chi connectivity index (χ4v) is 10.6. The Kier molecular flexibility index (Phi) is 6.00. The van der Waals surface area contributed by atoms with Crippen molar-refractivity contribution in [2.45, 2.75) is 19.3 Å². The third kappa shape index (κ3) is 3.98. The minimum Gasteiger partial charge on any atom is -0.309 e. The Morgan fingerprint density at radius 2 is 1.22 bits per heavy atom. The third-order valence-electron chi connectivity index (χ3n) is 11.9. The van der Waals surface area contributed by atoms with Crippen LogP contribution < -0.4 is 0 Å². The number of nitrogens with zero attached hydrogens (tertiary/aromatic N) is 3. The summed E-state index contributed by atoms with van der Waals surface area (Å²) in [7, 11) is 0. The fourth-order valence-electron chi connectivity index (χ4n) is 9.35. The van der Waals surface area contributed by atoms with Crippen molar-refractivity contribution in [2.75, 3.05) is 0 Å². The molecule has 0 unspecified atom stereocenters. The maximum absolute atomic E-state index is 5.33. The predicted molar refractivity (Wildman–Crippen MR) is 229 cm³/mol. The molecule has 0 aliphatic carbocycles. The Labute approximate surface area is 316 Å². The number of pyridine rings is 1. The third-order valence-corrected chi connectivity index (χ3v) is 13.1. The number of hydrogen-bond donors (Lipinski definition) is 0. The predicted octanol–water partition coefficient (Wildman–Crippen LogP) is 13.6. The van der Waals surface area contributed by atoms with Crippen LogP contribution in [0.1, 0.15) is 25.0 Å². The highest BCUT2D eigenvalue weighted by Gasteiger charge is 2.36. The van der Waals surface area contributed by atoms with E-state index >= 15 is 0 Å². The van der Waals surface area contributed by atoms with Crippen molar-refractivity contribution in [1.82, 2.24) is 14.1 Å². The van der Waals surface area contributed by atoms with Crippen molar-refractivity contribution < 1.29 is 0 Å². The van der Waals surface area contributed by atoms with Gasteiger partial charge in [0.25, 0.3) is 0 Å². The molecule has 254 valence electrons. The van der Waals surface area contributed by atoms with Crippen LogP contribution in [0.4, 0.5) is 0 Å². The van der Waals surface area contributed by atoms with E-state index in [1.165, 1.54) is 86.6 Å². The number of rotatable bonds is 3. The number of benzene rings is 7. The van der Waals surface area contributed by atoms with Crippen molar-refractivity contribution >= 4 is 75.3 Å². The van der Waals surface area contributed by atoms with E-state index in [1.807, 2.05) is 11.3 Å². The molecule has 0 saturated heterocycles. The average Bonchev–Trinajstić information content (AvgIpc) is 3.87. The molecule has 11 aromatic rings. The van der Waals surface area contributed by atoms with Crippen molar-refractivity contribution in [3.05, 3.63) is 175 Å². The summed E-state index contributed by atoms with van der Waals surface area (Å²) in [5.74, 6) is 0. The number of para-hydroxylation sites is 4. The van der Waals surface area contributed by atoms with Gasteiger partial charge >= 0.3 is 0 Å². The number of thiophene rings is 1. The molecule has 5 heterocycles. The first-order chi connectivity index (χ1) is 26.5. The first kappa shape index (κ1) is 30.0. The lowest BCUT2D eigenvalue weighted by atomic mass is 9.74. The molecule has 1 aliphatic rings. The van der Waals surface area contributed by atoms with Gasteiger partial charge in [0.2, 0.25) is 0 Å². The lowest BCUT2D eigenvalue weighted by Gasteiger charge is -2.35. The van der Waals surface area contributed by atoms with E-state index in [0.29, 0.717) is 0 Å². The van der Waals surface area contributed by atoms with E-state index in [0.717, 1.165) is 22.2 Å². The molecule has 12 rings (SSSR count). The quantitative estimate of drug-likeness (QED) is 0.179. The monoisotopic (exact) mass is 707 g/mol. The number of aromatic nitrogens is 3. The van der Waals surface area contributed by atoms with Crippen LogP contribution in [0.5, 0.6) is 0 Å². The molecule has 0 saturated carbocycles. The Morgan fingerprint density at radius 3 is 2.11 bits per heavy atom. The summed E-state index contributed by atoms with van der Waals surface area (Å²) in [6.07, 6.45) is 0. The van der Waals surface area contributed by atoms with Gasteiger partial charge in [0, 0.05) is 48.3 Å². The first-order valence-electron chi connectivity index (χ1n) is 18.6. The largest absolute Gasteiger partial charge is 0.309 e.